The van der Waals surface area contributed by atoms with Crippen molar-refractivity contribution in [3.8, 4) is 0 Å². The van der Waals surface area contributed by atoms with E-state index in [1.807, 2.05) is 52.5 Å². The van der Waals surface area contributed by atoms with E-state index in [1.165, 1.54) is 0 Å². The van der Waals surface area contributed by atoms with E-state index in [9.17, 15) is 4.79 Å². The summed E-state index contributed by atoms with van der Waals surface area (Å²) >= 11 is 0. The number of nitrogens with zero attached hydrogens (tertiary/aromatic N) is 6. The minimum absolute atomic E-state index is 0.135. The van der Waals surface area contributed by atoms with E-state index in [-0.39, 0.29) is 11.8 Å². The van der Waals surface area contributed by atoms with Crippen LogP contribution < -0.4 is 0 Å². The van der Waals surface area contributed by atoms with Crippen molar-refractivity contribution in [2.24, 2.45) is 0 Å². The fourth-order valence-corrected chi connectivity index (χ4v) is 3.53. The molecule has 0 aliphatic carbocycles. The fourth-order valence-electron chi connectivity index (χ4n) is 3.53. The Morgan fingerprint density at radius 2 is 2.12 bits per heavy atom. The summed E-state index contributed by atoms with van der Waals surface area (Å²) in [5, 5.41) is 0. The molecule has 0 spiro atoms. The lowest BCUT2D eigenvalue weighted by atomic mass is 9.97. The van der Waals surface area contributed by atoms with Gasteiger partial charge >= 0.3 is 0 Å². The number of hydrogen-bond donors (Lipinski definition) is 0. The van der Waals surface area contributed by atoms with Gasteiger partial charge in [-0.2, -0.15) is 0 Å². The number of pyridine rings is 1. The molecule has 3 aromatic rings. The van der Waals surface area contributed by atoms with Gasteiger partial charge in [0.05, 0.1) is 18.6 Å². The molecule has 1 fully saturated rings. The lowest BCUT2D eigenvalue weighted by Gasteiger charge is -2.32. The molecule has 4 rings (SSSR count). The van der Waals surface area contributed by atoms with Crippen LogP contribution in [0.1, 0.15) is 30.3 Å². The third kappa shape index (κ3) is 3.66. The number of carbonyl (C=O) groups excluding carboxylic acids is 1. The standard InChI is InChI=1S/C19H22N6O/c26-18(14-23-10-7-20-15-23)24-9-3-4-16(12-24)19-22-8-11-25(19)13-17-5-1-2-6-21-17/h1-2,5-8,10-11,15-16H,3-4,9,12-14H2. The monoisotopic (exact) mass is 350 g/mol. The third-order valence-corrected chi connectivity index (χ3v) is 4.82. The summed E-state index contributed by atoms with van der Waals surface area (Å²) in [5.41, 5.74) is 1.01. The second kappa shape index (κ2) is 7.51. The molecule has 1 aliphatic rings. The van der Waals surface area contributed by atoms with Crippen LogP contribution in [0.5, 0.6) is 0 Å². The van der Waals surface area contributed by atoms with E-state index in [1.54, 1.807) is 12.5 Å². The minimum atomic E-state index is 0.135. The molecule has 134 valence electrons. The molecule has 1 amide bonds. The molecule has 1 aliphatic heterocycles. The van der Waals surface area contributed by atoms with Crippen molar-refractivity contribution < 1.29 is 4.79 Å². The molecule has 0 radical (unpaired) electrons. The SMILES string of the molecule is O=C(Cn1ccnc1)N1CCCC(c2nccn2Cc2ccccn2)C1. The molecule has 0 N–H and O–H groups in total. The second-order valence-corrected chi connectivity index (χ2v) is 6.65. The molecule has 0 aromatic carbocycles. The van der Waals surface area contributed by atoms with E-state index in [0.717, 1.165) is 30.9 Å². The van der Waals surface area contributed by atoms with Crippen LogP contribution in [-0.4, -0.2) is 48.0 Å². The van der Waals surface area contributed by atoms with E-state index < -0.39 is 0 Å². The highest BCUT2D eigenvalue weighted by molar-refractivity contribution is 5.76. The fraction of sp³-hybridized carbons (Fsp3) is 0.368. The first-order chi connectivity index (χ1) is 12.8. The van der Waals surface area contributed by atoms with Gasteiger partial charge in [0.2, 0.25) is 5.91 Å². The van der Waals surface area contributed by atoms with Crippen LogP contribution in [0, 0.1) is 0 Å². The number of carbonyl (C=O) groups is 1. The average Bonchev–Trinajstić information content (AvgIpc) is 3.35. The summed E-state index contributed by atoms with van der Waals surface area (Å²) in [4.78, 5) is 27.5. The van der Waals surface area contributed by atoms with Gasteiger partial charge in [-0.15, -0.1) is 0 Å². The van der Waals surface area contributed by atoms with Crippen molar-refractivity contribution in [2.45, 2.75) is 31.8 Å². The quantitative estimate of drug-likeness (QED) is 0.705. The van der Waals surface area contributed by atoms with Gasteiger partial charge in [-0.05, 0) is 25.0 Å². The first kappa shape index (κ1) is 16.5. The maximum absolute atomic E-state index is 12.6. The predicted octanol–water partition coefficient (Wildman–Crippen LogP) is 1.93. The Labute approximate surface area is 152 Å². The summed E-state index contributed by atoms with van der Waals surface area (Å²) in [6.07, 6.45) is 12.9. The Bertz CT molecular complexity index is 842. The zero-order valence-electron chi connectivity index (χ0n) is 14.6. The van der Waals surface area contributed by atoms with Crippen LogP contribution in [0.3, 0.4) is 0 Å². The lowest BCUT2D eigenvalue weighted by Crippen LogP contribution is -2.41. The highest BCUT2D eigenvalue weighted by Gasteiger charge is 2.27. The molecule has 1 saturated heterocycles. The van der Waals surface area contributed by atoms with Gasteiger partial charge in [0.15, 0.2) is 0 Å². The Balaban J connectivity index is 1.45. The largest absolute Gasteiger partial charge is 0.340 e. The van der Waals surface area contributed by atoms with Gasteiger partial charge in [-0.1, -0.05) is 6.07 Å². The highest BCUT2D eigenvalue weighted by Crippen LogP contribution is 2.26. The molecule has 4 heterocycles. The van der Waals surface area contributed by atoms with Gasteiger partial charge < -0.3 is 14.0 Å². The Kier molecular flexibility index (Phi) is 4.77. The van der Waals surface area contributed by atoms with Crippen molar-refractivity contribution in [2.75, 3.05) is 13.1 Å². The molecule has 1 atom stereocenters. The number of aromatic nitrogens is 5. The molecule has 3 aromatic heterocycles. The molecule has 1 unspecified atom stereocenters. The smallest absolute Gasteiger partial charge is 0.242 e. The summed E-state index contributed by atoms with van der Waals surface area (Å²) in [5.74, 6) is 1.43. The van der Waals surface area contributed by atoms with Gasteiger partial charge in [0, 0.05) is 50.0 Å². The van der Waals surface area contributed by atoms with Crippen molar-refractivity contribution >= 4 is 5.91 Å². The minimum Gasteiger partial charge on any atom is -0.340 e. The van der Waals surface area contributed by atoms with Gasteiger partial charge in [-0.3, -0.25) is 9.78 Å². The molecular formula is C19H22N6O. The van der Waals surface area contributed by atoms with Crippen LogP contribution in [0.4, 0.5) is 0 Å². The molecular weight excluding hydrogens is 328 g/mol. The Morgan fingerprint density at radius 3 is 2.92 bits per heavy atom. The van der Waals surface area contributed by atoms with Crippen molar-refractivity contribution in [3.05, 3.63) is 67.0 Å². The zero-order valence-corrected chi connectivity index (χ0v) is 14.6. The van der Waals surface area contributed by atoms with Crippen LogP contribution in [0.15, 0.2) is 55.5 Å². The van der Waals surface area contributed by atoms with Crippen molar-refractivity contribution in [1.82, 2.24) is 29.0 Å². The lowest BCUT2D eigenvalue weighted by molar-refractivity contribution is -0.133. The van der Waals surface area contributed by atoms with Crippen LogP contribution in [-0.2, 0) is 17.9 Å². The third-order valence-electron chi connectivity index (χ3n) is 4.82. The normalized spacial score (nSPS) is 17.4. The Morgan fingerprint density at radius 1 is 1.15 bits per heavy atom. The van der Waals surface area contributed by atoms with E-state index >= 15 is 0 Å². The summed E-state index contributed by atoms with van der Waals surface area (Å²) < 4.78 is 3.96. The van der Waals surface area contributed by atoms with E-state index in [4.69, 9.17) is 0 Å². The zero-order chi connectivity index (χ0) is 17.8. The van der Waals surface area contributed by atoms with Crippen LogP contribution in [0.25, 0.3) is 0 Å². The molecule has 0 bridgehead atoms. The summed E-state index contributed by atoms with van der Waals surface area (Å²) in [7, 11) is 0. The van der Waals surface area contributed by atoms with Gasteiger partial charge in [-0.25, -0.2) is 9.97 Å². The molecule has 0 saturated carbocycles. The van der Waals surface area contributed by atoms with Crippen LogP contribution >= 0.6 is 0 Å². The first-order valence-corrected chi connectivity index (χ1v) is 8.94. The molecule has 7 nitrogen and oxygen atoms in total. The molecule has 7 heteroatoms. The number of hydrogen-bond acceptors (Lipinski definition) is 4. The van der Waals surface area contributed by atoms with Crippen molar-refractivity contribution in [3.63, 3.8) is 0 Å². The van der Waals surface area contributed by atoms with Gasteiger partial charge in [0.1, 0.15) is 12.4 Å². The Hall–Kier alpha value is -2.96. The number of amides is 1. The topological polar surface area (TPSA) is 68.8 Å². The number of imidazole rings is 2. The predicted molar refractivity (Wildman–Crippen MR) is 96.3 cm³/mol. The van der Waals surface area contributed by atoms with Crippen molar-refractivity contribution in [1.29, 1.82) is 0 Å². The maximum Gasteiger partial charge on any atom is 0.242 e. The molecule has 26 heavy (non-hydrogen) atoms. The summed E-state index contributed by atoms with van der Waals surface area (Å²) in [6, 6.07) is 5.94. The second-order valence-electron chi connectivity index (χ2n) is 6.65. The first-order valence-electron chi connectivity index (χ1n) is 8.94. The number of likely N-dealkylation sites (tertiary alicyclic amines) is 1. The van der Waals surface area contributed by atoms with Gasteiger partial charge in [0.25, 0.3) is 0 Å². The highest BCUT2D eigenvalue weighted by atomic mass is 16.2. The van der Waals surface area contributed by atoms with Crippen LogP contribution in [0.2, 0.25) is 0 Å². The van der Waals surface area contributed by atoms with E-state index in [0.29, 0.717) is 19.6 Å². The number of piperidine rings is 1. The van der Waals surface area contributed by atoms with E-state index in [2.05, 4.69) is 19.5 Å². The average molecular weight is 350 g/mol. The summed E-state index contributed by atoms with van der Waals surface area (Å²) in [6.45, 7) is 2.57. The number of rotatable bonds is 5. The maximum atomic E-state index is 12.6.